The normalized spacial score (nSPS) is 10.5. The van der Waals surface area contributed by atoms with E-state index in [2.05, 4.69) is 10.1 Å². The predicted octanol–water partition coefficient (Wildman–Crippen LogP) is 1.45. The van der Waals surface area contributed by atoms with E-state index >= 15 is 0 Å². The fourth-order valence-corrected chi connectivity index (χ4v) is 1.37. The van der Waals surface area contributed by atoms with Crippen molar-refractivity contribution in [2.75, 3.05) is 0 Å². The molecule has 0 amide bonds. The molecule has 0 saturated heterocycles. The fourth-order valence-electron chi connectivity index (χ4n) is 1.37. The fraction of sp³-hybridized carbons (Fsp3) is 0.200. The average molecular weight is 235 g/mol. The number of benzene rings is 1. The Morgan fingerprint density at radius 1 is 1.53 bits per heavy atom. The number of hydrogen-bond donors (Lipinski definition) is 1. The first kappa shape index (κ1) is 11.2. The highest BCUT2D eigenvalue weighted by Gasteiger charge is 2.15. The van der Waals surface area contributed by atoms with Gasteiger partial charge in [-0.15, -0.1) is 0 Å². The predicted molar refractivity (Wildman–Crippen MR) is 57.0 cm³/mol. The zero-order valence-corrected chi connectivity index (χ0v) is 8.95. The lowest BCUT2D eigenvalue weighted by Gasteiger charge is -1.98. The molecule has 88 valence electrons. The molecule has 0 fully saturated rings. The highest BCUT2D eigenvalue weighted by atomic mass is 16.6. The van der Waals surface area contributed by atoms with Gasteiger partial charge in [0, 0.05) is 17.2 Å². The largest absolute Gasteiger partial charge is 0.388 e. The van der Waals surface area contributed by atoms with Crippen molar-refractivity contribution < 1.29 is 14.6 Å². The SMILES string of the molecule is Cc1ccc(-c2nc(CO)no2)cc1[N+](=O)[O-]. The van der Waals surface area contributed by atoms with Crippen LogP contribution in [0.3, 0.4) is 0 Å². The Hall–Kier alpha value is -2.28. The monoisotopic (exact) mass is 235 g/mol. The molecule has 0 spiro atoms. The number of nitrogens with zero attached hydrogens (tertiary/aromatic N) is 3. The van der Waals surface area contributed by atoms with E-state index in [9.17, 15) is 10.1 Å². The number of nitro groups is 1. The van der Waals surface area contributed by atoms with Crippen LogP contribution in [0.2, 0.25) is 0 Å². The van der Waals surface area contributed by atoms with Gasteiger partial charge >= 0.3 is 0 Å². The third-order valence-electron chi connectivity index (χ3n) is 2.26. The molecule has 7 heteroatoms. The molecule has 1 heterocycles. The van der Waals surface area contributed by atoms with Crippen LogP contribution >= 0.6 is 0 Å². The minimum atomic E-state index is -0.470. The minimum absolute atomic E-state index is 0.00810. The number of aliphatic hydroxyl groups excluding tert-OH is 1. The molecule has 0 saturated carbocycles. The van der Waals surface area contributed by atoms with Gasteiger partial charge in [0.1, 0.15) is 6.61 Å². The first-order valence-corrected chi connectivity index (χ1v) is 4.80. The van der Waals surface area contributed by atoms with Gasteiger partial charge in [0.15, 0.2) is 5.82 Å². The summed E-state index contributed by atoms with van der Waals surface area (Å²) in [5.74, 6) is 0.292. The maximum absolute atomic E-state index is 10.8. The topological polar surface area (TPSA) is 102 Å². The highest BCUT2D eigenvalue weighted by molar-refractivity contribution is 5.59. The van der Waals surface area contributed by atoms with E-state index in [4.69, 9.17) is 9.63 Å². The molecule has 0 radical (unpaired) electrons. The van der Waals surface area contributed by atoms with E-state index in [1.807, 2.05) is 0 Å². The molecule has 1 aromatic heterocycles. The molecule has 7 nitrogen and oxygen atoms in total. The van der Waals surface area contributed by atoms with Crippen LogP contribution in [0.1, 0.15) is 11.4 Å². The van der Waals surface area contributed by atoms with Crippen molar-refractivity contribution in [2.45, 2.75) is 13.5 Å². The van der Waals surface area contributed by atoms with Gasteiger partial charge < -0.3 is 9.63 Å². The summed E-state index contributed by atoms with van der Waals surface area (Å²) in [4.78, 5) is 14.2. The summed E-state index contributed by atoms with van der Waals surface area (Å²) in [6.07, 6.45) is 0. The molecular weight excluding hydrogens is 226 g/mol. The van der Waals surface area contributed by atoms with Crippen molar-refractivity contribution in [1.29, 1.82) is 0 Å². The molecule has 17 heavy (non-hydrogen) atoms. The van der Waals surface area contributed by atoms with Gasteiger partial charge in [-0.05, 0) is 13.0 Å². The average Bonchev–Trinajstić information content (AvgIpc) is 2.78. The van der Waals surface area contributed by atoms with E-state index in [1.54, 1.807) is 19.1 Å². The van der Waals surface area contributed by atoms with Gasteiger partial charge in [-0.2, -0.15) is 4.98 Å². The summed E-state index contributed by atoms with van der Waals surface area (Å²) in [7, 11) is 0. The second-order valence-corrected chi connectivity index (χ2v) is 3.43. The van der Waals surface area contributed by atoms with Crippen molar-refractivity contribution in [3.05, 3.63) is 39.7 Å². The van der Waals surface area contributed by atoms with E-state index in [-0.39, 0.29) is 24.0 Å². The van der Waals surface area contributed by atoms with Crippen LogP contribution < -0.4 is 0 Å². The lowest BCUT2D eigenvalue weighted by molar-refractivity contribution is -0.385. The van der Waals surface area contributed by atoms with Crippen LogP contribution in [0.15, 0.2) is 22.7 Å². The van der Waals surface area contributed by atoms with Crippen molar-refractivity contribution in [3.63, 3.8) is 0 Å². The molecule has 2 rings (SSSR count). The third-order valence-corrected chi connectivity index (χ3v) is 2.26. The van der Waals surface area contributed by atoms with Gasteiger partial charge in [0.05, 0.1) is 4.92 Å². The Balaban J connectivity index is 2.46. The molecule has 0 aliphatic rings. The molecular formula is C10H9N3O4. The molecule has 0 aliphatic heterocycles. The molecule has 0 aliphatic carbocycles. The van der Waals surface area contributed by atoms with Crippen LogP contribution in [0.4, 0.5) is 5.69 Å². The van der Waals surface area contributed by atoms with Crippen molar-refractivity contribution in [1.82, 2.24) is 10.1 Å². The van der Waals surface area contributed by atoms with Crippen LogP contribution in [-0.2, 0) is 6.61 Å². The standard InChI is InChI=1S/C10H9N3O4/c1-6-2-3-7(4-8(6)13(15)16)10-11-9(5-14)12-17-10/h2-4,14H,5H2,1H3. The second-order valence-electron chi connectivity index (χ2n) is 3.43. The molecule has 1 N–H and O–H groups in total. The third kappa shape index (κ3) is 2.13. The van der Waals surface area contributed by atoms with Gasteiger partial charge in [-0.3, -0.25) is 10.1 Å². The van der Waals surface area contributed by atoms with E-state index in [1.165, 1.54) is 6.07 Å². The Kier molecular flexibility index (Phi) is 2.84. The second kappa shape index (κ2) is 4.30. The van der Waals surface area contributed by atoms with Crippen molar-refractivity contribution >= 4 is 5.69 Å². The quantitative estimate of drug-likeness (QED) is 0.637. The maximum atomic E-state index is 10.8. The van der Waals surface area contributed by atoms with Gasteiger partial charge in [0.2, 0.25) is 0 Å². The molecule has 0 unspecified atom stereocenters. The lowest BCUT2D eigenvalue weighted by Crippen LogP contribution is -1.92. The number of aromatic nitrogens is 2. The summed E-state index contributed by atoms with van der Waals surface area (Å²) in [6, 6.07) is 4.62. The molecule has 1 aromatic carbocycles. The van der Waals surface area contributed by atoms with Crippen LogP contribution in [0.5, 0.6) is 0 Å². The number of aliphatic hydroxyl groups is 1. The summed E-state index contributed by atoms with van der Waals surface area (Å²) in [6.45, 7) is 1.31. The summed E-state index contributed by atoms with van der Waals surface area (Å²) in [5.41, 5.74) is 1.00. The first-order chi connectivity index (χ1) is 8.11. The number of rotatable bonds is 3. The molecule has 0 atom stereocenters. The number of aryl methyl sites for hydroxylation is 1. The minimum Gasteiger partial charge on any atom is -0.388 e. The summed E-state index contributed by atoms with van der Waals surface area (Å²) < 4.78 is 4.87. The number of hydrogen-bond acceptors (Lipinski definition) is 6. The zero-order valence-electron chi connectivity index (χ0n) is 8.95. The van der Waals surface area contributed by atoms with E-state index in [0.717, 1.165) is 0 Å². The molecule has 0 bridgehead atoms. The Labute approximate surface area is 95.9 Å². The maximum Gasteiger partial charge on any atom is 0.273 e. The van der Waals surface area contributed by atoms with Crippen molar-refractivity contribution in [3.8, 4) is 11.5 Å². The van der Waals surface area contributed by atoms with Gasteiger partial charge in [-0.25, -0.2) is 0 Å². The Morgan fingerprint density at radius 2 is 2.29 bits per heavy atom. The van der Waals surface area contributed by atoms with E-state index in [0.29, 0.717) is 11.1 Å². The van der Waals surface area contributed by atoms with Crippen LogP contribution in [-0.4, -0.2) is 20.2 Å². The Bertz CT molecular complexity index is 564. The smallest absolute Gasteiger partial charge is 0.273 e. The lowest BCUT2D eigenvalue weighted by atomic mass is 10.1. The van der Waals surface area contributed by atoms with E-state index < -0.39 is 4.92 Å². The molecule has 2 aromatic rings. The Morgan fingerprint density at radius 3 is 2.88 bits per heavy atom. The number of nitro benzene ring substituents is 1. The van der Waals surface area contributed by atoms with Crippen LogP contribution in [0, 0.1) is 17.0 Å². The highest BCUT2D eigenvalue weighted by Crippen LogP contribution is 2.25. The zero-order chi connectivity index (χ0) is 12.4. The summed E-state index contributed by atoms with van der Waals surface area (Å²) in [5, 5.41) is 23.1. The summed E-state index contributed by atoms with van der Waals surface area (Å²) >= 11 is 0. The van der Waals surface area contributed by atoms with Crippen molar-refractivity contribution in [2.24, 2.45) is 0 Å². The van der Waals surface area contributed by atoms with Gasteiger partial charge in [-0.1, -0.05) is 11.2 Å². The van der Waals surface area contributed by atoms with Gasteiger partial charge in [0.25, 0.3) is 11.6 Å². The first-order valence-electron chi connectivity index (χ1n) is 4.80. The van der Waals surface area contributed by atoms with Crippen LogP contribution in [0.25, 0.3) is 11.5 Å².